The van der Waals surface area contributed by atoms with E-state index in [1.807, 2.05) is 6.07 Å². The summed E-state index contributed by atoms with van der Waals surface area (Å²) in [6.07, 6.45) is -3.21. The van der Waals surface area contributed by atoms with Crippen molar-refractivity contribution in [2.45, 2.75) is 6.18 Å². The number of amides is 1. The largest absolute Gasteiger partial charge is 0.433 e. The van der Waals surface area contributed by atoms with Crippen molar-refractivity contribution in [1.82, 2.24) is 25.0 Å². The molecule has 0 radical (unpaired) electrons. The standard InChI is InChI=1S/C19H10F3N7OS/c20-19(21,22)14-9-13(18-24-6-7-31-18)28-29(14)16-5-4-15(26-27-16)25-17(30)12-3-1-2-11(8-12)10-23/h1-9H,(H,25,26,30). The second kappa shape index (κ2) is 7.96. The van der Waals surface area contributed by atoms with Gasteiger partial charge in [-0.2, -0.15) is 23.5 Å². The quantitative estimate of drug-likeness (QED) is 0.514. The maximum absolute atomic E-state index is 13.5. The second-order valence-electron chi connectivity index (χ2n) is 6.09. The van der Waals surface area contributed by atoms with Gasteiger partial charge in [0.15, 0.2) is 17.3 Å². The number of alkyl halides is 3. The molecule has 0 unspecified atom stereocenters. The van der Waals surface area contributed by atoms with Crippen LogP contribution in [0.5, 0.6) is 0 Å². The van der Waals surface area contributed by atoms with Gasteiger partial charge in [-0.3, -0.25) is 4.79 Å². The molecule has 1 aromatic carbocycles. The highest BCUT2D eigenvalue weighted by Gasteiger charge is 2.37. The van der Waals surface area contributed by atoms with Crippen LogP contribution in [0.1, 0.15) is 21.6 Å². The second-order valence-corrected chi connectivity index (χ2v) is 6.98. The molecule has 0 spiro atoms. The Balaban J connectivity index is 1.61. The Hall–Kier alpha value is -4.11. The number of aromatic nitrogens is 5. The Morgan fingerprint density at radius 3 is 2.65 bits per heavy atom. The zero-order chi connectivity index (χ0) is 22.0. The van der Waals surface area contributed by atoms with Crippen LogP contribution in [-0.2, 0) is 6.18 Å². The molecule has 0 bridgehead atoms. The van der Waals surface area contributed by atoms with E-state index in [0.29, 0.717) is 15.3 Å². The fraction of sp³-hybridized carbons (Fsp3) is 0.0526. The lowest BCUT2D eigenvalue weighted by molar-refractivity contribution is -0.142. The number of nitrogens with zero attached hydrogens (tertiary/aromatic N) is 6. The first-order valence-corrected chi connectivity index (χ1v) is 9.46. The van der Waals surface area contributed by atoms with E-state index in [0.717, 1.165) is 17.4 Å². The van der Waals surface area contributed by atoms with Crippen LogP contribution in [0.15, 0.2) is 54.0 Å². The van der Waals surface area contributed by atoms with E-state index in [-0.39, 0.29) is 22.9 Å². The number of nitrogens with one attached hydrogen (secondary N) is 1. The first-order valence-electron chi connectivity index (χ1n) is 8.58. The number of rotatable bonds is 4. The summed E-state index contributed by atoms with van der Waals surface area (Å²) < 4.78 is 41.1. The molecule has 31 heavy (non-hydrogen) atoms. The van der Waals surface area contributed by atoms with Crippen molar-refractivity contribution in [2.24, 2.45) is 0 Å². The first-order chi connectivity index (χ1) is 14.8. The highest BCUT2D eigenvalue weighted by Crippen LogP contribution is 2.34. The average molecular weight is 441 g/mol. The van der Waals surface area contributed by atoms with Gasteiger partial charge in [-0.05, 0) is 36.4 Å². The molecule has 154 valence electrons. The Labute approximate surface area is 176 Å². The molecule has 0 fully saturated rings. The van der Waals surface area contributed by atoms with Crippen molar-refractivity contribution in [1.29, 1.82) is 5.26 Å². The van der Waals surface area contributed by atoms with E-state index >= 15 is 0 Å². The molecule has 0 aliphatic heterocycles. The summed E-state index contributed by atoms with van der Waals surface area (Å²) in [5.41, 5.74) is -0.441. The third-order valence-electron chi connectivity index (χ3n) is 4.01. The predicted molar refractivity (Wildman–Crippen MR) is 104 cm³/mol. The van der Waals surface area contributed by atoms with Gasteiger partial charge in [0.1, 0.15) is 10.7 Å². The third-order valence-corrected chi connectivity index (χ3v) is 4.81. The zero-order valence-corrected chi connectivity index (χ0v) is 16.1. The van der Waals surface area contributed by atoms with Gasteiger partial charge in [-0.1, -0.05) is 6.07 Å². The number of benzene rings is 1. The smallest absolute Gasteiger partial charge is 0.305 e. The van der Waals surface area contributed by atoms with Crippen LogP contribution in [0.4, 0.5) is 19.0 Å². The maximum Gasteiger partial charge on any atom is 0.433 e. The van der Waals surface area contributed by atoms with Crippen LogP contribution in [0, 0.1) is 11.3 Å². The van der Waals surface area contributed by atoms with Gasteiger partial charge < -0.3 is 5.32 Å². The van der Waals surface area contributed by atoms with Gasteiger partial charge in [0.2, 0.25) is 0 Å². The topological polar surface area (TPSA) is 109 Å². The molecule has 1 N–H and O–H groups in total. The van der Waals surface area contributed by atoms with Crippen molar-refractivity contribution >= 4 is 23.1 Å². The number of halogens is 3. The van der Waals surface area contributed by atoms with E-state index in [2.05, 4.69) is 25.6 Å². The van der Waals surface area contributed by atoms with Gasteiger partial charge in [-0.15, -0.1) is 21.5 Å². The van der Waals surface area contributed by atoms with Crippen molar-refractivity contribution in [3.05, 3.63) is 70.9 Å². The van der Waals surface area contributed by atoms with E-state index < -0.39 is 17.8 Å². The molecule has 3 aromatic heterocycles. The molecule has 4 rings (SSSR count). The van der Waals surface area contributed by atoms with Crippen LogP contribution in [0.25, 0.3) is 16.5 Å². The summed E-state index contributed by atoms with van der Waals surface area (Å²) in [6.45, 7) is 0. The van der Waals surface area contributed by atoms with Crippen molar-refractivity contribution in [2.75, 3.05) is 5.32 Å². The normalized spacial score (nSPS) is 11.2. The summed E-state index contributed by atoms with van der Waals surface area (Å²) in [4.78, 5) is 16.3. The fourth-order valence-electron chi connectivity index (χ4n) is 2.64. The number of hydrogen-bond donors (Lipinski definition) is 1. The van der Waals surface area contributed by atoms with Gasteiger partial charge >= 0.3 is 6.18 Å². The SMILES string of the molecule is N#Cc1cccc(C(=O)Nc2ccc(-n3nc(-c4nccs4)cc3C(F)(F)F)nn2)c1. The first kappa shape index (κ1) is 20.2. The molecular weight excluding hydrogens is 431 g/mol. The van der Waals surface area contributed by atoms with Gasteiger partial charge in [0.25, 0.3) is 5.91 Å². The molecule has 0 atom stereocenters. The monoisotopic (exact) mass is 441 g/mol. The summed E-state index contributed by atoms with van der Waals surface area (Å²) in [5.74, 6) is -0.697. The Morgan fingerprint density at radius 1 is 1.16 bits per heavy atom. The molecule has 8 nitrogen and oxygen atoms in total. The fourth-order valence-corrected chi connectivity index (χ4v) is 3.23. The number of carbonyl (C=O) groups excluding carboxylic acids is 1. The minimum Gasteiger partial charge on any atom is -0.305 e. The van der Waals surface area contributed by atoms with Crippen LogP contribution in [0.3, 0.4) is 0 Å². The van der Waals surface area contributed by atoms with E-state index in [1.54, 1.807) is 17.5 Å². The number of carbonyl (C=O) groups is 1. The van der Waals surface area contributed by atoms with E-state index in [9.17, 15) is 18.0 Å². The Kier molecular flexibility index (Phi) is 5.18. The summed E-state index contributed by atoms with van der Waals surface area (Å²) in [7, 11) is 0. The number of nitriles is 1. The lowest BCUT2D eigenvalue weighted by Crippen LogP contribution is -2.16. The molecule has 0 aliphatic carbocycles. The lowest BCUT2D eigenvalue weighted by atomic mass is 10.1. The van der Waals surface area contributed by atoms with Gasteiger partial charge in [0.05, 0.1) is 11.6 Å². The maximum atomic E-state index is 13.5. The third kappa shape index (κ3) is 4.26. The van der Waals surface area contributed by atoms with Crippen molar-refractivity contribution < 1.29 is 18.0 Å². The molecular formula is C19H10F3N7OS. The Bertz CT molecular complexity index is 1280. The van der Waals surface area contributed by atoms with Crippen molar-refractivity contribution in [3.8, 4) is 22.6 Å². The van der Waals surface area contributed by atoms with Crippen LogP contribution in [-0.4, -0.2) is 30.9 Å². The summed E-state index contributed by atoms with van der Waals surface area (Å²) in [5, 5.41) is 24.9. The summed E-state index contributed by atoms with van der Waals surface area (Å²) in [6, 6.07) is 11.4. The molecule has 0 saturated carbocycles. The van der Waals surface area contributed by atoms with Crippen LogP contribution in [0.2, 0.25) is 0 Å². The van der Waals surface area contributed by atoms with Gasteiger partial charge in [0, 0.05) is 17.1 Å². The Morgan fingerprint density at radius 2 is 2.00 bits per heavy atom. The number of anilines is 1. The molecule has 0 saturated heterocycles. The van der Waals surface area contributed by atoms with Crippen LogP contribution < -0.4 is 5.32 Å². The highest BCUT2D eigenvalue weighted by atomic mass is 32.1. The highest BCUT2D eigenvalue weighted by molar-refractivity contribution is 7.13. The lowest BCUT2D eigenvalue weighted by Gasteiger charge is -2.09. The predicted octanol–water partition coefficient (Wildman–Crippen LogP) is 3.93. The summed E-state index contributed by atoms with van der Waals surface area (Å²) >= 11 is 1.16. The van der Waals surface area contributed by atoms with Crippen LogP contribution >= 0.6 is 11.3 Å². The number of thiazole rings is 1. The van der Waals surface area contributed by atoms with Gasteiger partial charge in [-0.25, -0.2) is 9.67 Å². The molecule has 1 amide bonds. The number of hydrogen-bond acceptors (Lipinski definition) is 7. The van der Waals surface area contributed by atoms with E-state index in [1.165, 1.54) is 30.5 Å². The minimum absolute atomic E-state index is 0.0250. The molecule has 3 heterocycles. The molecule has 4 aromatic rings. The minimum atomic E-state index is -4.68. The average Bonchev–Trinajstić information content (AvgIpc) is 3.44. The molecule has 0 aliphatic rings. The zero-order valence-electron chi connectivity index (χ0n) is 15.3. The van der Waals surface area contributed by atoms with Crippen molar-refractivity contribution in [3.63, 3.8) is 0 Å². The van der Waals surface area contributed by atoms with E-state index in [4.69, 9.17) is 5.26 Å². The molecule has 12 heteroatoms.